The molecule has 1 aliphatic rings. The van der Waals surface area contributed by atoms with Crippen LogP contribution in [0, 0.1) is 18.6 Å². The van der Waals surface area contributed by atoms with E-state index in [9.17, 15) is 17.6 Å². The summed E-state index contributed by atoms with van der Waals surface area (Å²) in [4.78, 5) is 0. The molecular weight excluding hydrogens is 429 g/mol. The molecule has 0 atom stereocenters. The first-order valence-electron chi connectivity index (χ1n) is 9.80. The number of fused-ring (bicyclic) bond motifs is 4. The highest BCUT2D eigenvalue weighted by atomic mass is 19.4. The van der Waals surface area contributed by atoms with Gasteiger partial charge in [0.2, 0.25) is 0 Å². The largest absolute Gasteiger partial charge is 0.419 e. The van der Waals surface area contributed by atoms with Gasteiger partial charge in [-0.25, -0.2) is 8.78 Å². The molecule has 0 unspecified atom stereocenters. The summed E-state index contributed by atoms with van der Waals surface area (Å²) in [6, 6.07) is 4.70. The summed E-state index contributed by atoms with van der Waals surface area (Å²) >= 11 is 0. The Labute approximate surface area is 179 Å². The lowest BCUT2D eigenvalue weighted by Gasteiger charge is -2.36. The summed E-state index contributed by atoms with van der Waals surface area (Å²) in [5.41, 5.74) is -2.99. The van der Waals surface area contributed by atoms with Gasteiger partial charge in [0.05, 0.1) is 28.0 Å². The van der Waals surface area contributed by atoms with Crippen LogP contribution in [0.4, 0.5) is 27.6 Å². The van der Waals surface area contributed by atoms with Gasteiger partial charge in [-0.3, -0.25) is 4.57 Å². The van der Waals surface area contributed by atoms with Gasteiger partial charge in [0.25, 0.3) is 0 Å². The molecule has 1 aliphatic heterocycles. The molecule has 2 aromatic carbocycles. The molecule has 4 aromatic rings. The highest BCUT2D eigenvalue weighted by Crippen LogP contribution is 2.50. The van der Waals surface area contributed by atoms with Crippen LogP contribution in [0.2, 0.25) is 0 Å². The van der Waals surface area contributed by atoms with Gasteiger partial charge < -0.3 is 9.88 Å². The highest BCUT2D eigenvalue weighted by molar-refractivity contribution is 5.98. The third-order valence-electron chi connectivity index (χ3n) is 5.83. The Morgan fingerprint density at radius 3 is 2.47 bits per heavy atom. The molecule has 0 saturated carbocycles. The third kappa shape index (κ3) is 2.74. The van der Waals surface area contributed by atoms with E-state index < -0.39 is 34.5 Å². The molecule has 0 aliphatic carbocycles. The number of alkyl halides is 3. The van der Waals surface area contributed by atoms with Crippen LogP contribution in [-0.2, 0) is 18.8 Å². The van der Waals surface area contributed by atoms with Crippen LogP contribution in [0.3, 0.4) is 0 Å². The van der Waals surface area contributed by atoms with E-state index in [0.717, 1.165) is 12.1 Å². The predicted molar refractivity (Wildman–Crippen MR) is 110 cm³/mol. The number of hydrogen-bond donors (Lipinski definition) is 1. The van der Waals surface area contributed by atoms with Gasteiger partial charge in [0, 0.05) is 24.2 Å². The Morgan fingerprint density at radius 2 is 1.78 bits per heavy atom. The lowest BCUT2D eigenvalue weighted by atomic mass is 9.90. The SMILES string of the molecule is Cc1nnc2n1-c1c(cc(F)c(-c3cc(F)cc4c3ccn4C)c1C(F)(F)F)NC2(C)C. The van der Waals surface area contributed by atoms with Gasteiger partial charge >= 0.3 is 6.18 Å². The number of benzene rings is 2. The monoisotopic (exact) mass is 447 g/mol. The van der Waals surface area contributed by atoms with Crippen LogP contribution in [0.25, 0.3) is 27.7 Å². The molecule has 0 amide bonds. The standard InChI is InChI=1S/C22H18F5N5/c1-10-29-30-20-21(2,3)28-15-9-14(24)17(18(22(25,26)27)19(15)32(10)20)13-7-11(23)8-16-12(13)5-6-31(16)4/h5-9,28H,1-4H3. The van der Waals surface area contributed by atoms with Crippen molar-refractivity contribution >= 4 is 16.6 Å². The minimum absolute atomic E-state index is 0.0420. The lowest BCUT2D eigenvalue weighted by molar-refractivity contribution is -0.137. The molecule has 5 rings (SSSR count). The fourth-order valence-corrected chi connectivity index (χ4v) is 4.48. The summed E-state index contributed by atoms with van der Waals surface area (Å²) in [7, 11) is 1.64. The molecule has 0 radical (unpaired) electrons. The van der Waals surface area contributed by atoms with Crippen molar-refractivity contribution in [1.29, 1.82) is 0 Å². The van der Waals surface area contributed by atoms with Gasteiger partial charge in [0.15, 0.2) is 5.82 Å². The van der Waals surface area contributed by atoms with E-state index in [1.165, 1.54) is 17.6 Å². The Morgan fingerprint density at radius 1 is 1.06 bits per heavy atom. The van der Waals surface area contributed by atoms with E-state index in [0.29, 0.717) is 10.9 Å². The predicted octanol–water partition coefficient (Wildman–Crippen LogP) is 5.69. The molecule has 3 heterocycles. The van der Waals surface area contributed by atoms with Gasteiger partial charge in [-0.15, -0.1) is 10.2 Å². The zero-order valence-corrected chi connectivity index (χ0v) is 17.6. The van der Waals surface area contributed by atoms with Gasteiger partial charge in [0.1, 0.15) is 17.5 Å². The summed E-state index contributed by atoms with van der Waals surface area (Å²) in [5, 5.41) is 11.3. The number of nitrogens with one attached hydrogen (secondary N) is 1. The number of aromatic nitrogens is 4. The van der Waals surface area contributed by atoms with E-state index in [1.807, 2.05) is 0 Å². The van der Waals surface area contributed by atoms with Crippen molar-refractivity contribution in [2.45, 2.75) is 32.5 Å². The summed E-state index contributed by atoms with van der Waals surface area (Å²) in [6.45, 7) is 4.96. The Bertz CT molecular complexity index is 1410. The maximum absolute atomic E-state index is 15.5. The lowest BCUT2D eigenvalue weighted by Crippen LogP contribution is -2.37. The van der Waals surface area contributed by atoms with Crippen LogP contribution in [0.5, 0.6) is 0 Å². The average Bonchev–Trinajstić information content (AvgIpc) is 3.23. The summed E-state index contributed by atoms with van der Waals surface area (Å²) in [5.74, 6) is -1.39. The second-order valence-electron chi connectivity index (χ2n) is 8.47. The van der Waals surface area contributed by atoms with E-state index in [2.05, 4.69) is 15.5 Å². The molecule has 5 nitrogen and oxygen atoms in total. The molecule has 0 spiro atoms. The topological polar surface area (TPSA) is 47.7 Å². The van der Waals surface area contributed by atoms with E-state index in [-0.39, 0.29) is 28.6 Å². The van der Waals surface area contributed by atoms with Crippen LogP contribution >= 0.6 is 0 Å². The molecule has 10 heteroatoms. The fourth-order valence-electron chi connectivity index (χ4n) is 4.48. The average molecular weight is 447 g/mol. The number of halogens is 5. The number of rotatable bonds is 1. The Kier molecular flexibility index (Phi) is 4.03. The first-order chi connectivity index (χ1) is 14.9. The summed E-state index contributed by atoms with van der Waals surface area (Å²) in [6.07, 6.45) is -3.37. The van der Waals surface area contributed by atoms with Gasteiger partial charge in [-0.05, 0) is 50.6 Å². The molecule has 0 bridgehead atoms. The zero-order valence-electron chi connectivity index (χ0n) is 17.6. The van der Waals surface area contributed by atoms with E-state index in [1.54, 1.807) is 37.7 Å². The number of aryl methyl sites for hydroxylation is 2. The Balaban J connectivity index is 1.97. The van der Waals surface area contributed by atoms with E-state index in [4.69, 9.17) is 0 Å². The van der Waals surface area contributed by atoms with Crippen LogP contribution in [0.15, 0.2) is 30.5 Å². The van der Waals surface area contributed by atoms with E-state index >= 15 is 4.39 Å². The van der Waals surface area contributed by atoms with Gasteiger partial charge in [-0.1, -0.05) is 0 Å². The normalized spacial score (nSPS) is 14.9. The zero-order chi connectivity index (χ0) is 23.2. The van der Waals surface area contributed by atoms with Crippen molar-refractivity contribution in [3.8, 4) is 16.8 Å². The van der Waals surface area contributed by atoms with Crippen molar-refractivity contribution in [3.63, 3.8) is 0 Å². The molecule has 1 N–H and O–H groups in total. The minimum Gasteiger partial charge on any atom is -0.371 e. The quantitative estimate of drug-likeness (QED) is 0.381. The fraction of sp³-hybridized carbons (Fsp3) is 0.273. The third-order valence-corrected chi connectivity index (χ3v) is 5.83. The minimum atomic E-state index is -4.95. The second-order valence-corrected chi connectivity index (χ2v) is 8.47. The van der Waals surface area contributed by atoms with Crippen molar-refractivity contribution in [2.24, 2.45) is 7.05 Å². The second kappa shape index (κ2) is 6.30. The maximum atomic E-state index is 15.5. The van der Waals surface area contributed by atoms with Crippen LogP contribution < -0.4 is 5.32 Å². The van der Waals surface area contributed by atoms with Crippen molar-refractivity contribution in [2.75, 3.05) is 5.32 Å². The highest BCUT2D eigenvalue weighted by Gasteiger charge is 2.45. The molecule has 2 aromatic heterocycles. The summed E-state index contributed by atoms with van der Waals surface area (Å²) < 4.78 is 76.5. The van der Waals surface area contributed by atoms with Crippen LogP contribution in [-0.4, -0.2) is 19.3 Å². The van der Waals surface area contributed by atoms with Crippen molar-refractivity contribution in [3.05, 3.63) is 59.3 Å². The number of anilines is 1. The van der Waals surface area contributed by atoms with Crippen LogP contribution in [0.1, 0.15) is 31.1 Å². The first kappa shape index (κ1) is 20.5. The smallest absolute Gasteiger partial charge is 0.371 e. The van der Waals surface area contributed by atoms with Gasteiger partial charge in [-0.2, -0.15) is 13.2 Å². The molecular formula is C22H18F5N5. The van der Waals surface area contributed by atoms with Crippen molar-refractivity contribution < 1.29 is 22.0 Å². The molecule has 0 fully saturated rings. The number of hydrogen-bond acceptors (Lipinski definition) is 3. The molecule has 166 valence electrons. The maximum Gasteiger partial charge on any atom is 0.419 e. The Hall–Kier alpha value is -3.43. The van der Waals surface area contributed by atoms with Crippen molar-refractivity contribution in [1.82, 2.24) is 19.3 Å². The first-order valence-corrected chi connectivity index (χ1v) is 9.80. The molecule has 32 heavy (non-hydrogen) atoms. The number of nitrogens with zero attached hydrogens (tertiary/aromatic N) is 4. The molecule has 0 saturated heterocycles.